The highest BCUT2D eigenvalue weighted by Crippen LogP contribution is 2.39. The second kappa shape index (κ2) is 9.91. The Morgan fingerprint density at radius 3 is 2.65 bits per heavy atom. The van der Waals surface area contributed by atoms with E-state index in [-0.39, 0.29) is 11.8 Å². The van der Waals surface area contributed by atoms with Gasteiger partial charge in [-0.1, -0.05) is 0 Å². The highest BCUT2D eigenvalue weighted by molar-refractivity contribution is 5.93. The molecule has 0 radical (unpaired) electrons. The number of nitrogens with zero attached hydrogens (tertiary/aromatic N) is 5. The third-order valence-electron chi connectivity index (χ3n) is 7.71. The zero-order valence-corrected chi connectivity index (χ0v) is 22.1. The maximum Gasteiger partial charge on any atom is 0.162 e. The number of hydrogen-bond acceptors (Lipinski definition) is 9. The van der Waals surface area contributed by atoms with Crippen molar-refractivity contribution in [3.8, 4) is 23.0 Å². The summed E-state index contributed by atoms with van der Waals surface area (Å²) >= 11 is 0. The Morgan fingerprint density at radius 2 is 1.82 bits per heavy atom. The predicted molar refractivity (Wildman–Crippen MR) is 147 cm³/mol. The van der Waals surface area contributed by atoms with Gasteiger partial charge >= 0.3 is 0 Å². The maximum absolute atomic E-state index is 15.6. The normalized spacial score (nSPS) is 20.1. The number of hydrogen-bond donors (Lipinski definition) is 2. The molecule has 11 heteroatoms. The Kier molecular flexibility index (Phi) is 6.07. The molecule has 0 saturated carbocycles. The van der Waals surface area contributed by atoms with Crippen LogP contribution in [-0.2, 0) is 0 Å². The van der Waals surface area contributed by atoms with Gasteiger partial charge in [-0.05, 0) is 56.9 Å². The van der Waals surface area contributed by atoms with E-state index >= 15 is 4.39 Å². The van der Waals surface area contributed by atoms with Gasteiger partial charge in [0.05, 0.1) is 18.3 Å². The zero-order chi connectivity index (χ0) is 27.2. The number of aromatic nitrogens is 5. The largest absolute Gasteiger partial charge is 0.493 e. The molecule has 3 aromatic heterocycles. The van der Waals surface area contributed by atoms with Crippen LogP contribution < -0.4 is 24.8 Å². The van der Waals surface area contributed by atoms with Gasteiger partial charge in [-0.3, -0.25) is 0 Å². The Balaban J connectivity index is 1.17. The number of fused-ring (bicyclic) bond motifs is 4. The van der Waals surface area contributed by atoms with Gasteiger partial charge in [0, 0.05) is 41.4 Å². The Morgan fingerprint density at radius 1 is 0.975 bits per heavy atom. The Hall–Kier alpha value is -4.51. The highest BCUT2D eigenvalue weighted by atomic mass is 19.1. The van der Waals surface area contributed by atoms with Crippen LogP contribution in [0.3, 0.4) is 0 Å². The molecule has 1 unspecified atom stereocenters. The molecule has 2 bridgehead atoms. The molecule has 10 nitrogen and oxygen atoms in total. The molecule has 2 aliphatic heterocycles. The number of anilines is 2. The van der Waals surface area contributed by atoms with Crippen LogP contribution in [0.1, 0.15) is 31.2 Å². The van der Waals surface area contributed by atoms with Crippen molar-refractivity contribution in [3.05, 3.63) is 66.6 Å². The van der Waals surface area contributed by atoms with Gasteiger partial charge in [-0.25, -0.2) is 23.9 Å². The quantitative estimate of drug-likeness (QED) is 0.283. The zero-order valence-electron chi connectivity index (χ0n) is 22.1. The van der Waals surface area contributed by atoms with Gasteiger partial charge in [-0.15, -0.1) is 0 Å². The van der Waals surface area contributed by atoms with E-state index in [1.54, 1.807) is 49.0 Å². The van der Waals surface area contributed by atoms with Crippen LogP contribution in [0.4, 0.5) is 15.9 Å². The molecule has 2 fully saturated rings. The number of benzene rings is 2. The first-order valence-corrected chi connectivity index (χ1v) is 13.3. The number of methoxy groups -OCH3 is 1. The van der Waals surface area contributed by atoms with Gasteiger partial charge in [0.1, 0.15) is 36.1 Å². The second-order valence-corrected chi connectivity index (χ2v) is 10.3. The minimum atomic E-state index is -0.442. The van der Waals surface area contributed by atoms with Gasteiger partial charge < -0.3 is 24.8 Å². The van der Waals surface area contributed by atoms with Crippen LogP contribution in [0.25, 0.3) is 16.6 Å². The van der Waals surface area contributed by atoms with E-state index in [1.807, 2.05) is 12.1 Å². The standard InChI is InChI=1S/C29H28FN7O3/c1-16-24(39-19-7-8-37-27(11-19)32-15-34-37)6-5-22(28(16)30)36-29-21-12-26(25(38-2)13-23(21)31-14-33-29)40-20-9-17-3-4-18(10-20)35-17/h5-8,11-15,17-18,20,35H,3-4,9-10H2,1-2H3,(H,31,33,36)/t17-,18+,20?. The van der Waals surface area contributed by atoms with Gasteiger partial charge in [-0.2, -0.15) is 5.10 Å². The van der Waals surface area contributed by atoms with Crippen molar-refractivity contribution in [1.82, 2.24) is 29.9 Å². The van der Waals surface area contributed by atoms with Crippen LogP contribution in [0.15, 0.2) is 55.2 Å². The average Bonchev–Trinajstić information content (AvgIpc) is 3.57. The fourth-order valence-electron chi connectivity index (χ4n) is 5.69. The molecule has 7 rings (SSSR count). The number of halogens is 1. The summed E-state index contributed by atoms with van der Waals surface area (Å²) in [7, 11) is 1.62. The smallest absolute Gasteiger partial charge is 0.162 e. The summed E-state index contributed by atoms with van der Waals surface area (Å²) in [5.74, 6) is 2.19. The van der Waals surface area contributed by atoms with Gasteiger partial charge in [0.15, 0.2) is 23.0 Å². The van der Waals surface area contributed by atoms with E-state index in [9.17, 15) is 0 Å². The third kappa shape index (κ3) is 4.51. The van der Waals surface area contributed by atoms with Crippen molar-refractivity contribution in [2.24, 2.45) is 0 Å². The fraction of sp³-hybridized carbons (Fsp3) is 0.310. The second-order valence-electron chi connectivity index (χ2n) is 10.3. The Bertz CT molecular complexity index is 1710. The van der Waals surface area contributed by atoms with Gasteiger partial charge in [0.2, 0.25) is 0 Å². The lowest BCUT2D eigenvalue weighted by Gasteiger charge is -2.30. The number of ether oxygens (including phenoxy) is 3. The van der Waals surface area contributed by atoms with Crippen LogP contribution in [0.2, 0.25) is 0 Å². The van der Waals surface area contributed by atoms with Gasteiger partial charge in [0.25, 0.3) is 0 Å². The Labute approximate surface area is 229 Å². The van der Waals surface area contributed by atoms with E-state index in [2.05, 4.69) is 30.7 Å². The first kappa shape index (κ1) is 24.5. The molecule has 2 saturated heterocycles. The fourth-order valence-corrected chi connectivity index (χ4v) is 5.69. The molecule has 3 atom stereocenters. The summed E-state index contributed by atoms with van der Waals surface area (Å²) in [6.45, 7) is 1.67. The van der Waals surface area contributed by atoms with Crippen molar-refractivity contribution >= 4 is 28.1 Å². The maximum atomic E-state index is 15.6. The number of pyridine rings is 1. The molecule has 0 spiro atoms. The number of rotatable bonds is 7. The average molecular weight is 542 g/mol. The number of nitrogens with one attached hydrogen (secondary N) is 2. The van der Waals surface area contributed by atoms with Crippen LogP contribution in [0.5, 0.6) is 23.0 Å². The molecule has 5 aromatic rings. The summed E-state index contributed by atoms with van der Waals surface area (Å²) in [5, 5.41) is 11.6. The van der Waals surface area contributed by atoms with Crippen molar-refractivity contribution in [2.75, 3.05) is 12.4 Å². The van der Waals surface area contributed by atoms with Crippen molar-refractivity contribution in [2.45, 2.75) is 50.8 Å². The SMILES string of the molecule is COc1cc2ncnc(Nc3ccc(Oc4ccn5ncnc5c4)c(C)c3F)c2cc1OC1C[C@H]2CC[C@@H](C1)N2. The highest BCUT2D eigenvalue weighted by Gasteiger charge is 2.35. The summed E-state index contributed by atoms with van der Waals surface area (Å²) in [6, 6.07) is 11.6. The third-order valence-corrected chi connectivity index (χ3v) is 7.71. The summed E-state index contributed by atoms with van der Waals surface area (Å²) in [6.07, 6.45) is 9.04. The minimum Gasteiger partial charge on any atom is -0.493 e. The lowest BCUT2D eigenvalue weighted by molar-refractivity contribution is 0.133. The minimum absolute atomic E-state index is 0.101. The van der Waals surface area contributed by atoms with E-state index in [0.717, 1.165) is 12.8 Å². The molecule has 40 heavy (non-hydrogen) atoms. The molecule has 204 valence electrons. The topological polar surface area (TPSA) is 108 Å². The van der Waals surface area contributed by atoms with Crippen LogP contribution >= 0.6 is 0 Å². The summed E-state index contributed by atoms with van der Waals surface area (Å²) < 4.78 is 35.3. The van der Waals surface area contributed by atoms with E-state index in [0.29, 0.717) is 63.0 Å². The molecule has 2 aromatic carbocycles. The molecule has 0 aliphatic carbocycles. The summed E-state index contributed by atoms with van der Waals surface area (Å²) in [4.78, 5) is 13.0. The molecule has 2 aliphatic rings. The van der Waals surface area contributed by atoms with Crippen LogP contribution in [0, 0.1) is 12.7 Å². The van der Waals surface area contributed by atoms with Crippen LogP contribution in [-0.4, -0.2) is 49.9 Å². The number of piperidine rings is 1. The monoisotopic (exact) mass is 541 g/mol. The molecular weight excluding hydrogens is 513 g/mol. The first-order chi connectivity index (χ1) is 19.5. The first-order valence-electron chi connectivity index (χ1n) is 13.3. The molecular formula is C29H28FN7O3. The predicted octanol–water partition coefficient (Wildman–Crippen LogP) is 5.33. The van der Waals surface area contributed by atoms with Crippen molar-refractivity contribution < 1.29 is 18.6 Å². The van der Waals surface area contributed by atoms with E-state index < -0.39 is 5.82 Å². The molecule has 2 N–H and O–H groups in total. The summed E-state index contributed by atoms with van der Waals surface area (Å²) in [5.41, 5.74) is 1.92. The lowest BCUT2D eigenvalue weighted by atomic mass is 10.0. The van der Waals surface area contributed by atoms with Crippen molar-refractivity contribution in [3.63, 3.8) is 0 Å². The lowest BCUT2D eigenvalue weighted by Crippen LogP contribution is -2.42. The molecule has 5 heterocycles. The molecule has 0 amide bonds. The van der Waals surface area contributed by atoms with Crippen molar-refractivity contribution in [1.29, 1.82) is 0 Å². The van der Waals surface area contributed by atoms with E-state index in [1.165, 1.54) is 25.5 Å². The van der Waals surface area contributed by atoms with E-state index in [4.69, 9.17) is 14.2 Å².